The summed E-state index contributed by atoms with van der Waals surface area (Å²) in [5.74, 6) is -0.0674. The number of nitrogens with zero attached hydrogens (tertiary/aromatic N) is 2. The van der Waals surface area contributed by atoms with Gasteiger partial charge < -0.3 is 5.32 Å². The molecule has 2 N–H and O–H groups in total. The Labute approximate surface area is 150 Å². The van der Waals surface area contributed by atoms with Crippen molar-refractivity contribution in [1.82, 2.24) is 20.4 Å². The molecular weight excluding hydrogens is 332 g/mol. The Kier molecular flexibility index (Phi) is 4.38. The van der Waals surface area contributed by atoms with Crippen LogP contribution in [-0.4, -0.2) is 28.8 Å². The molecule has 0 saturated heterocycles. The van der Waals surface area contributed by atoms with Crippen LogP contribution in [0.25, 0.3) is 11.3 Å². The van der Waals surface area contributed by atoms with Crippen molar-refractivity contribution in [2.75, 3.05) is 13.1 Å². The highest BCUT2D eigenvalue weighted by Crippen LogP contribution is 2.23. The molecule has 5 nitrogen and oxygen atoms in total. The summed E-state index contributed by atoms with van der Waals surface area (Å²) in [6.45, 7) is 3.45. The number of thiophene rings is 1. The molecule has 1 aliphatic heterocycles. The highest BCUT2D eigenvalue weighted by Gasteiger charge is 2.27. The molecule has 0 radical (unpaired) electrons. The van der Waals surface area contributed by atoms with Gasteiger partial charge in [0.1, 0.15) is 11.9 Å². The van der Waals surface area contributed by atoms with Crippen LogP contribution < -0.4 is 10.6 Å². The first-order chi connectivity index (χ1) is 12.2. The Hall–Kier alpha value is -2.44. The molecule has 1 aromatic carbocycles. The molecule has 6 heteroatoms. The number of carbonyl (C=O) groups is 1. The molecule has 0 saturated carbocycles. The van der Waals surface area contributed by atoms with Crippen LogP contribution in [-0.2, 0) is 6.42 Å². The van der Waals surface area contributed by atoms with Gasteiger partial charge in [-0.15, -0.1) is 11.3 Å². The van der Waals surface area contributed by atoms with E-state index in [1.165, 1.54) is 10.4 Å². The quantitative estimate of drug-likeness (QED) is 0.742. The van der Waals surface area contributed by atoms with Gasteiger partial charge in [0.2, 0.25) is 0 Å². The van der Waals surface area contributed by atoms with E-state index in [2.05, 4.69) is 47.2 Å². The molecule has 0 spiro atoms. The minimum atomic E-state index is -0.0674. The number of amides is 1. The lowest BCUT2D eigenvalue weighted by molar-refractivity contribution is 0.0901. The smallest absolute Gasteiger partial charge is 0.269 e. The Morgan fingerprint density at radius 1 is 1.32 bits per heavy atom. The average molecular weight is 352 g/mol. The van der Waals surface area contributed by atoms with Gasteiger partial charge in [-0.25, -0.2) is 4.68 Å². The first kappa shape index (κ1) is 16.1. The summed E-state index contributed by atoms with van der Waals surface area (Å²) in [6, 6.07) is 14.3. The molecule has 2 aromatic heterocycles. The van der Waals surface area contributed by atoms with Gasteiger partial charge in [-0.3, -0.25) is 10.1 Å². The fraction of sp³-hybridized carbons (Fsp3) is 0.263. The monoisotopic (exact) mass is 352 g/mol. The number of carbonyl (C=O) groups excluding carboxylic acids is 1. The molecule has 0 fully saturated rings. The maximum absolute atomic E-state index is 12.2. The van der Waals surface area contributed by atoms with Crippen molar-refractivity contribution in [2.24, 2.45) is 0 Å². The number of fused-ring (bicyclic) bond motifs is 1. The second kappa shape index (κ2) is 6.82. The molecule has 128 valence electrons. The minimum absolute atomic E-state index is 0.0214. The van der Waals surface area contributed by atoms with Crippen LogP contribution in [0.2, 0.25) is 0 Å². The zero-order valence-electron chi connectivity index (χ0n) is 14.0. The number of aromatic nitrogens is 2. The van der Waals surface area contributed by atoms with Gasteiger partial charge in [-0.2, -0.15) is 5.10 Å². The second-order valence-corrected chi connectivity index (χ2v) is 7.27. The zero-order chi connectivity index (χ0) is 17.2. The number of benzene rings is 1. The predicted molar refractivity (Wildman–Crippen MR) is 99.8 cm³/mol. The molecule has 0 bridgehead atoms. The fourth-order valence-electron chi connectivity index (χ4n) is 3.01. The molecule has 4 rings (SSSR count). The first-order valence-electron chi connectivity index (χ1n) is 8.41. The van der Waals surface area contributed by atoms with Gasteiger partial charge in [0.05, 0.1) is 12.2 Å². The highest BCUT2D eigenvalue weighted by molar-refractivity contribution is 7.09. The van der Waals surface area contributed by atoms with Crippen LogP contribution in [0.15, 0.2) is 47.8 Å². The molecule has 3 aromatic rings. The van der Waals surface area contributed by atoms with E-state index in [9.17, 15) is 4.79 Å². The first-order valence-corrected chi connectivity index (χ1v) is 9.29. The summed E-state index contributed by atoms with van der Waals surface area (Å²) in [4.78, 5) is 13.5. The molecule has 1 aliphatic rings. The average Bonchev–Trinajstić information content (AvgIpc) is 3.28. The maximum Gasteiger partial charge on any atom is 0.269 e. The van der Waals surface area contributed by atoms with Crippen LogP contribution in [0.5, 0.6) is 0 Å². The van der Waals surface area contributed by atoms with E-state index in [-0.39, 0.29) is 12.1 Å². The van der Waals surface area contributed by atoms with E-state index >= 15 is 0 Å². The lowest BCUT2D eigenvalue weighted by Crippen LogP contribution is -2.45. The SMILES string of the molecule is Cc1ccc(-c2cc3n(n2)[C@H](NCCc2cccs2)CNC3=O)cc1. The van der Waals surface area contributed by atoms with Crippen molar-refractivity contribution in [3.05, 3.63) is 64.0 Å². The van der Waals surface area contributed by atoms with E-state index in [1.54, 1.807) is 11.3 Å². The zero-order valence-corrected chi connectivity index (χ0v) is 14.8. The largest absolute Gasteiger partial charge is 0.347 e. The number of rotatable bonds is 5. The minimum Gasteiger partial charge on any atom is -0.347 e. The Morgan fingerprint density at radius 3 is 2.92 bits per heavy atom. The van der Waals surface area contributed by atoms with Crippen molar-refractivity contribution < 1.29 is 4.79 Å². The lowest BCUT2D eigenvalue weighted by Gasteiger charge is -2.25. The van der Waals surface area contributed by atoms with Crippen molar-refractivity contribution in [3.8, 4) is 11.3 Å². The summed E-state index contributed by atoms with van der Waals surface area (Å²) in [5.41, 5.74) is 3.67. The Balaban J connectivity index is 1.53. The third-order valence-corrected chi connectivity index (χ3v) is 5.33. The van der Waals surface area contributed by atoms with E-state index in [4.69, 9.17) is 5.10 Å². The van der Waals surface area contributed by atoms with Crippen molar-refractivity contribution in [3.63, 3.8) is 0 Å². The number of aryl methyl sites for hydroxylation is 1. The fourth-order valence-corrected chi connectivity index (χ4v) is 3.72. The lowest BCUT2D eigenvalue weighted by atomic mass is 10.1. The summed E-state index contributed by atoms with van der Waals surface area (Å²) in [5, 5.41) is 13.2. The van der Waals surface area contributed by atoms with Crippen LogP contribution in [0, 0.1) is 6.92 Å². The summed E-state index contributed by atoms with van der Waals surface area (Å²) in [6.07, 6.45) is 0.954. The molecule has 1 atom stereocenters. The molecule has 0 unspecified atom stereocenters. The number of nitrogens with one attached hydrogen (secondary N) is 2. The molecule has 1 amide bonds. The van der Waals surface area contributed by atoms with Crippen molar-refractivity contribution in [2.45, 2.75) is 19.5 Å². The van der Waals surface area contributed by atoms with E-state index in [0.717, 1.165) is 24.2 Å². The van der Waals surface area contributed by atoms with Crippen LogP contribution in [0.3, 0.4) is 0 Å². The van der Waals surface area contributed by atoms with E-state index < -0.39 is 0 Å². The van der Waals surface area contributed by atoms with Crippen LogP contribution in [0.4, 0.5) is 0 Å². The molecule has 0 aliphatic carbocycles. The van der Waals surface area contributed by atoms with Crippen LogP contribution in [0.1, 0.15) is 27.1 Å². The van der Waals surface area contributed by atoms with Gasteiger partial charge in [-0.05, 0) is 30.9 Å². The van der Waals surface area contributed by atoms with E-state index in [1.807, 2.05) is 22.9 Å². The third kappa shape index (κ3) is 3.36. The van der Waals surface area contributed by atoms with Gasteiger partial charge in [-0.1, -0.05) is 35.9 Å². The van der Waals surface area contributed by atoms with Crippen molar-refractivity contribution in [1.29, 1.82) is 0 Å². The van der Waals surface area contributed by atoms with Crippen LogP contribution >= 0.6 is 11.3 Å². The Bertz CT molecular complexity index is 867. The topological polar surface area (TPSA) is 59.0 Å². The standard InChI is InChI=1S/C19H20N4OS/c1-13-4-6-14(7-5-13)16-11-17-19(24)21-12-18(23(17)22-16)20-9-8-15-3-2-10-25-15/h2-7,10-11,18,20H,8-9,12H2,1H3,(H,21,24)/t18-/m0/s1. The molecule has 25 heavy (non-hydrogen) atoms. The van der Waals surface area contributed by atoms with Gasteiger partial charge in [0, 0.05) is 17.0 Å². The third-order valence-electron chi connectivity index (χ3n) is 4.40. The Morgan fingerprint density at radius 2 is 2.16 bits per heavy atom. The van der Waals surface area contributed by atoms with Gasteiger partial charge in [0.25, 0.3) is 5.91 Å². The van der Waals surface area contributed by atoms with E-state index in [0.29, 0.717) is 12.2 Å². The summed E-state index contributed by atoms with van der Waals surface area (Å²) in [7, 11) is 0. The molecule has 3 heterocycles. The maximum atomic E-state index is 12.2. The normalized spacial score (nSPS) is 16.5. The number of hydrogen-bond acceptors (Lipinski definition) is 4. The van der Waals surface area contributed by atoms with Gasteiger partial charge in [0.15, 0.2) is 0 Å². The number of hydrogen-bond donors (Lipinski definition) is 2. The summed E-state index contributed by atoms with van der Waals surface area (Å²) < 4.78 is 1.82. The van der Waals surface area contributed by atoms with Crippen molar-refractivity contribution >= 4 is 17.2 Å². The highest BCUT2D eigenvalue weighted by atomic mass is 32.1. The van der Waals surface area contributed by atoms with Gasteiger partial charge >= 0.3 is 0 Å². The predicted octanol–water partition coefficient (Wildman–Crippen LogP) is 2.99. The molecular formula is C19H20N4OS. The summed E-state index contributed by atoms with van der Waals surface area (Å²) >= 11 is 1.77. The second-order valence-electron chi connectivity index (χ2n) is 6.23.